The van der Waals surface area contributed by atoms with Crippen LogP contribution in [0.15, 0.2) is 66.8 Å². The van der Waals surface area contributed by atoms with Crippen LogP contribution >= 0.6 is 0 Å². The average molecular weight is 434 g/mol. The van der Waals surface area contributed by atoms with Crippen LogP contribution in [0, 0.1) is 5.92 Å². The van der Waals surface area contributed by atoms with Gasteiger partial charge in [0.05, 0.1) is 31.5 Å². The molecule has 4 unspecified atom stereocenters. The van der Waals surface area contributed by atoms with Gasteiger partial charge in [-0.3, -0.25) is 0 Å². The maximum Gasteiger partial charge on any atom is 0.343 e. The lowest BCUT2D eigenvalue weighted by Crippen LogP contribution is -2.22. The van der Waals surface area contributed by atoms with E-state index in [1.165, 1.54) is 0 Å². The minimum Gasteiger partial charge on any atom is -0.491 e. The van der Waals surface area contributed by atoms with Gasteiger partial charge in [0.15, 0.2) is 0 Å². The van der Waals surface area contributed by atoms with Crippen LogP contribution in [0.25, 0.3) is 5.57 Å². The third-order valence-corrected chi connectivity index (χ3v) is 5.63. The van der Waals surface area contributed by atoms with Gasteiger partial charge in [0, 0.05) is 5.92 Å². The highest BCUT2D eigenvalue weighted by Gasteiger charge is 2.26. The van der Waals surface area contributed by atoms with E-state index in [0.29, 0.717) is 24.5 Å². The van der Waals surface area contributed by atoms with Crippen molar-refractivity contribution in [3.05, 3.63) is 77.9 Å². The molecule has 2 aromatic carbocycles. The number of carbonyl (C=O) groups is 1. The minimum absolute atomic E-state index is 0.0658. The van der Waals surface area contributed by atoms with Crippen molar-refractivity contribution in [3.63, 3.8) is 0 Å². The molecule has 0 spiro atoms. The molecule has 0 bridgehead atoms. The quantitative estimate of drug-likeness (QED) is 0.337. The molecule has 32 heavy (non-hydrogen) atoms. The first-order chi connectivity index (χ1) is 15.6. The highest BCUT2D eigenvalue weighted by molar-refractivity contribution is 5.91. The summed E-state index contributed by atoms with van der Waals surface area (Å²) in [5.41, 5.74) is 2.67. The number of rotatable bonds is 9. The molecular weight excluding hydrogens is 408 g/mol. The highest BCUT2D eigenvalue weighted by Crippen LogP contribution is 2.28. The lowest BCUT2D eigenvalue weighted by molar-refractivity contribution is 0.0510. The molecule has 2 heterocycles. The molecule has 2 aliphatic heterocycles. The van der Waals surface area contributed by atoms with Gasteiger partial charge in [-0.15, -0.1) is 0 Å². The smallest absolute Gasteiger partial charge is 0.343 e. The topological polar surface area (TPSA) is 69.8 Å². The molecule has 1 aliphatic carbocycles. The van der Waals surface area contributed by atoms with Crippen LogP contribution in [-0.4, -0.2) is 50.7 Å². The number of hydrogen-bond acceptors (Lipinski definition) is 6. The Labute approximate surface area is 187 Å². The minimum atomic E-state index is -0.395. The summed E-state index contributed by atoms with van der Waals surface area (Å²) in [6, 6.07) is 14.5. The normalized spacial score (nSPS) is 25.7. The Morgan fingerprint density at radius 3 is 2.25 bits per heavy atom. The number of benzene rings is 2. The fourth-order valence-corrected chi connectivity index (χ4v) is 3.51. The third-order valence-electron chi connectivity index (χ3n) is 5.63. The van der Waals surface area contributed by atoms with Crippen molar-refractivity contribution in [3.8, 4) is 11.5 Å². The van der Waals surface area contributed by atoms with Crippen LogP contribution in [-0.2, 0) is 14.2 Å². The van der Waals surface area contributed by atoms with E-state index in [-0.39, 0.29) is 24.2 Å². The van der Waals surface area contributed by atoms with E-state index < -0.39 is 5.97 Å². The number of carbonyl (C=O) groups excluding carboxylic acids is 1. The molecule has 0 aromatic heterocycles. The van der Waals surface area contributed by atoms with Crippen LogP contribution in [0.4, 0.5) is 0 Å². The van der Waals surface area contributed by atoms with Crippen molar-refractivity contribution >= 4 is 11.5 Å². The Bertz CT molecular complexity index is 1000. The van der Waals surface area contributed by atoms with Gasteiger partial charge in [-0.1, -0.05) is 37.3 Å². The number of ether oxygens (including phenoxy) is 5. The molecule has 0 N–H and O–H groups in total. The fourth-order valence-electron chi connectivity index (χ4n) is 3.51. The molecule has 6 nitrogen and oxygen atoms in total. The van der Waals surface area contributed by atoms with Crippen LogP contribution in [0.5, 0.6) is 11.5 Å². The van der Waals surface area contributed by atoms with Gasteiger partial charge in [0.1, 0.15) is 30.3 Å². The number of allylic oxidation sites excluding steroid dienone is 2. The summed E-state index contributed by atoms with van der Waals surface area (Å²) in [5, 5.41) is 0. The van der Waals surface area contributed by atoms with Crippen LogP contribution in [0.1, 0.15) is 22.8 Å². The first-order valence-corrected chi connectivity index (χ1v) is 10.9. The summed E-state index contributed by atoms with van der Waals surface area (Å²) < 4.78 is 27.3. The molecule has 0 radical (unpaired) electrons. The average Bonchev–Trinajstić information content (AvgIpc) is 3.73. The van der Waals surface area contributed by atoms with Crippen LogP contribution in [0.3, 0.4) is 0 Å². The molecule has 0 saturated carbocycles. The summed E-state index contributed by atoms with van der Waals surface area (Å²) in [6.07, 6.45) is 6.90. The summed E-state index contributed by atoms with van der Waals surface area (Å²) >= 11 is 0. The predicted molar refractivity (Wildman–Crippen MR) is 119 cm³/mol. The Balaban J connectivity index is 1.15. The van der Waals surface area contributed by atoms with Crippen molar-refractivity contribution in [1.82, 2.24) is 0 Å². The van der Waals surface area contributed by atoms with Crippen molar-refractivity contribution in [2.24, 2.45) is 5.92 Å². The van der Waals surface area contributed by atoms with Gasteiger partial charge < -0.3 is 23.7 Å². The monoisotopic (exact) mass is 434 g/mol. The van der Waals surface area contributed by atoms with E-state index in [1.54, 1.807) is 36.4 Å². The molecule has 6 heteroatoms. The zero-order chi connectivity index (χ0) is 21.9. The zero-order valence-electron chi connectivity index (χ0n) is 17.9. The molecule has 5 rings (SSSR count). The number of epoxide rings is 2. The van der Waals surface area contributed by atoms with E-state index in [0.717, 1.165) is 30.1 Å². The lowest BCUT2D eigenvalue weighted by Gasteiger charge is -2.23. The van der Waals surface area contributed by atoms with E-state index in [1.807, 2.05) is 12.1 Å². The van der Waals surface area contributed by atoms with Crippen LogP contribution < -0.4 is 9.47 Å². The van der Waals surface area contributed by atoms with Gasteiger partial charge in [-0.05, 0) is 47.5 Å². The first kappa shape index (κ1) is 20.9. The van der Waals surface area contributed by atoms with E-state index in [4.69, 9.17) is 23.7 Å². The molecule has 2 saturated heterocycles. The molecule has 4 atom stereocenters. The van der Waals surface area contributed by atoms with Gasteiger partial charge >= 0.3 is 5.97 Å². The number of hydrogen-bond donors (Lipinski definition) is 0. The summed E-state index contributed by atoms with van der Waals surface area (Å²) in [7, 11) is 0. The third kappa shape index (κ3) is 5.46. The second kappa shape index (κ2) is 9.28. The van der Waals surface area contributed by atoms with Crippen molar-refractivity contribution < 1.29 is 28.5 Å². The Morgan fingerprint density at radius 2 is 1.59 bits per heavy atom. The fraction of sp³-hybridized carbons (Fsp3) is 0.346. The van der Waals surface area contributed by atoms with Crippen LogP contribution in [0.2, 0.25) is 0 Å². The van der Waals surface area contributed by atoms with Crippen molar-refractivity contribution in [2.45, 2.75) is 25.2 Å². The molecule has 166 valence electrons. The van der Waals surface area contributed by atoms with Crippen molar-refractivity contribution in [1.29, 1.82) is 0 Å². The largest absolute Gasteiger partial charge is 0.491 e. The van der Waals surface area contributed by atoms with Gasteiger partial charge in [0.2, 0.25) is 0 Å². The molecule has 3 aliphatic rings. The second-order valence-electron chi connectivity index (χ2n) is 8.30. The number of esters is 1. The summed E-state index contributed by atoms with van der Waals surface area (Å²) in [4.78, 5) is 12.5. The molecular formula is C26H26O6. The van der Waals surface area contributed by atoms with E-state index in [2.05, 4.69) is 25.2 Å². The second-order valence-corrected chi connectivity index (χ2v) is 8.30. The molecule has 2 aromatic rings. The SMILES string of the molecule is CC1C=C(c2ccc(C(=O)Oc3ccc(OCC4CO4)cc3)cc2)C=CC1OCC1CO1. The highest BCUT2D eigenvalue weighted by atomic mass is 16.6. The molecule has 2 fully saturated rings. The first-order valence-electron chi connectivity index (χ1n) is 10.9. The van der Waals surface area contributed by atoms with Crippen molar-refractivity contribution in [2.75, 3.05) is 26.4 Å². The Morgan fingerprint density at radius 1 is 0.938 bits per heavy atom. The Kier molecular flexibility index (Phi) is 6.08. The summed E-state index contributed by atoms with van der Waals surface area (Å²) in [5.74, 6) is 1.07. The van der Waals surface area contributed by atoms with Gasteiger partial charge in [0.25, 0.3) is 0 Å². The summed E-state index contributed by atoms with van der Waals surface area (Å²) in [6.45, 7) is 4.88. The lowest BCUT2D eigenvalue weighted by atomic mass is 9.91. The predicted octanol–water partition coefficient (Wildman–Crippen LogP) is 4.06. The zero-order valence-corrected chi connectivity index (χ0v) is 17.9. The van der Waals surface area contributed by atoms with Gasteiger partial charge in [-0.25, -0.2) is 4.79 Å². The maximum absolute atomic E-state index is 12.5. The van der Waals surface area contributed by atoms with E-state index >= 15 is 0 Å². The van der Waals surface area contributed by atoms with Gasteiger partial charge in [-0.2, -0.15) is 0 Å². The van der Waals surface area contributed by atoms with E-state index in [9.17, 15) is 4.79 Å². The maximum atomic E-state index is 12.5. The molecule has 0 amide bonds. The standard InChI is InChI=1S/C26H26O6/c1-17-12-20(6-11-25(17)31-16-24-15-30-24)18-2-4-19(5-3-18)26(27)32-22-9-7-21(8-10-22)28-13-23-14-29-23/h2-12,17,23-25H,13-16H2,1H3. The Hall–Kier alpha value is -2.93.